The van der Waals surface area contributed by atoms with Crippen LogP contribution in [0.5, 0.6) is 0 Å². The molecule has 96 valence electrons. The highest BCUT2D eigenvalue weighted by molar-refractivity contribution is 9.10. The van der Waals surface area contributed by atoms with Crippen molar-refractivity contribution < 1.29 is 0 Å². The quantitative estimate of drug-likeness (QED) is 0.677. The highest BCUT2D eigenvalue weighted by atomic mass is 79.9. The Balaban J connectivity index is 2.22. The highest BCUT2D eigenvalue weighted by Gasteiger charge is 2.20. The first-order chi connectivity index (χ1) is 8.56. The van der Waals surface area contributed by atoms with Gasteiger partial charge in [0.25, 0.3) is 0 Å². The van der Waals surface area contributed by atoms with Crippen LogP contribution >= 0.6 is 39.0 Å². The lowest BCUT2D eigenvalue weighted by Crippen LogP contribution is -2.22. The zero-order valence-corrected chi connectivity index (χ0v) is 13.3. The Bertz CT molecular complexity index is 528. The van der Waals surface area contributed by atoms with Gasteiger partial charge >= 0.3 is 0 Å². The van der Waals surface area contributed by atoms with E-state index in [0.29, 0.717) is 0 Å². The third kappa shape index (κ3) is 3.54. The van der Waals surface area contributed by atoms with Crippen molar-refractivity contribution in [2.75, 3.05) is 0 Å². The molecule has 2 N–H and O–H groups in total. The second-order valence-electron chi connectivity index (χ2n) is 4.05. The summed E-state index contributed by atoms with van der Waals surface area (Å²) in [5, 5.41) is 3.03. The molecule has 3 nitrogen and oxygen atoms in total. The lowest BCUT2D eigenvalue weighted by Gasteiger charge is -2.17. The van der Waals surface area contributed by atoms with Crippen LogP contribution < -0.4 is 5.73 Å². The van der Waals surface area contributed by atoms with E-state index in [-0.39, 0.29) is 11.3 Å². The number of halogens is 1. The molecule has 0 radical (unpaired) electrons. The van der Waals surface area contributed by atoms with Crippen LogP contribution in [0.1, 0.15) is 22.7 Å². The molecule has 6 heteroatoms. The molecule has 2 aromatic rings. The number of thiophene rings is 1. The van der Waals surface area contributed by atoms with Gasteiger partial charge in [-0.2, -0.15) is 0 Å². The molecule has 18 heavy (non-hydrogen) atoms. The zero-order chi connectivity index (χ0) is 13.1. The monoisotopic (exact) mass is 343 g/mol. The van der Waals surface area contributed by atoms with Crippen molar-refractivity contribution in [1.82, 2.24) is 9.97 Å². The van der Waals surface area contributed by atoms with Gasteiger partial charge in [0.2, 0.25) is 0 Å². The maximum Gasteiger partial charge on any atom is 0.188 e. The fourth-order valence-corrected chi connectivity index (χ4v) is 4.29. The number of hydrogen-bond donors (Lipinski definition) is 1. The van der Waals surface area contributed by atoms with Crippen molar-refractivity contribution in [1.29, 1.82) is 0 Å². The molecule has 0 spiro atoms. The molecule has 2 atom stereocenters. The molecule has 2 rings (SSSR count). The average Bonchev–Trinajstić information content (AvgIpc) is 2.72. The van der Waals surface area contributed by atoms with Crippen LogP contribution in [0, 0.1) is 6.92 Å². The maximum absolute atomic E-state index is 6.08. The van der Waals surface area contributed by atoms with Gasteiger partial charge in [-0.05, 0) is 41.9 Å². The van der Waals surface area contributed by atoms with Crippen molar-refractivity contribution in [3.8, 4) is 0 Å². The van der Waals surface area contributed by atoms with Crippen LogP contribution in [0.3, 0.4) is 0 Å². The fourth-order valence-electron chi connectivity index (χ4n) is 1.50. The normalized spacial score (nSPS) is 14.4. The van der Waals surface area contributed by atoms with Crippen LogP contribution in [0.2, 0.25) is 0 Å². The van der Waals surface area contributed by atoms with Gasteiger partial charge in [0, 0.05) is 32.7 Å². The van der Waals surface area contributed by atoms with Crippen LogP contribution in [0.4, 0.5) is 0 Å². The standard InChI is InChI=1S/C12H14BrN3S2/c1-7-3-4-15-12(16-7)18-11(8(2)14)10-5-9(13)6-17-10/h3-6,8,11H,14H2,1-2H3. The largest absolute Gasteiger partial charge is 0.327 e. The van der Waals surface area contributed by atoms with Crippen molar-refractivity contribution in [3.05, 3.63) is 38.8 Å². The summed E-state index contributed by atoms with van der Waals surface area (Å²) in [6, 6.07) is 4.05. The molecular weight excluding hydrogens is 330 g/mol. The van der Waals surface area contributed by atoms with Crippen LogP contribution in [0.15, 0.2) is 33.3 Å². The number of nitrogens with zero attached hydrogens (tertiary/aromatic N) is 2. The molecule has 0 aliphatic carbocycles. The van der Waals surface area contributed by atoms with Gasteiger partial charge < -0.3 is 5.73 Å². The minimum absolute atomic E-state index is 0.0460. The summed E-state index contributed by atoms with van der Waals surface area (Å²) >= 11 is 6.80. The second kappa shape index (κ2) is 6.14. The lowest BCUT2D eigenvalue weighted by molar-refractivity contribution is 0.725. The van der Waals surface area contributed by atoms with Crippen LogP contribution in [0.25, 0.3) is 0 Å². The molecule has 0 aromatic carbocycles. The number of nitrogens with two attached hydrogens (primary N) is 1. The van der Waals surface area contributed by atoms with Crippen molar-refractivity contribution in [2.45, 2.75) is 30.3 Å². The molecule has 2 aromatic heterocycles. The molecule has 0 aliphatic rings. The van der Waals surface area contributed by atoms with Crippen LogP contribution in [-0.2, 0) is 0 Å². The number of rotatable bonds is 4. The summed E-state index contributed by atoms with van der Waals surface area (Å²) in [5.74, 6) is 0. The SMILES string of the molecule is Cc1ccnc(SC(c2cc(Br)cs2)C(C)N)n1. The van der Waals surface area contributed by atoms with E-state index in [1.54, 1.807) is 29.3 Å². The summed E-state index contributed by atoms with van der Waals surface area (Å²) in [6.07, 6.45) is 1.78. The molecule has 0 fully saturated rings. The van der Waals surface area contributed by atoms with Crippen molar-refractivity contribution >= 4 is 39.0 Å². The van der Waals surface area contributed by atoms with Crippen LogP contribution in [-0.4, -0.2) is 16.0 Å². The third-order valence-corrected chi connectivity index (χ3v) is 5.62. The van der Waals surface area contributed by atoms with Gasteiger partial charge in [-0.15, -0.1) is 11.3 Å². The first-order valence-electron chi connectivity index (χ1n) is 5.52. The van der Waals surface area contributed by atoms with Gasteiger partial charge in [0.1, 0.15) is 0 Å². The number of aryl methyl sites for hydroxylation is 1. The van der Waals surface area contributed by atoms with E-state index >= 15 is 0 Å². The zero-order valence-electron chi connectivity index (χ0n) is 10.1. The minimum atomic E-state index is 0.0460. The molecule has 0 saturated heterocycles. The second-order valence-corrected chi connectivity index (χ2v) is 7.01. The predicted molar refractivity (Wildman–Crippen MR) is 81.0 cm³/mol. The number of hydrogen-bond acceptors (Lipinski definition) is 5. The van der Waals surface area contributed by atoms with Crippen molar-refractivity contribution in [2.24, 2.45) is 5.73 Å². The Morgan fingerprint density at radius 2 is 2.28 bits per heavy atom. The van der Waals surface area contributed by atoms with Gasteiger partial charge in [-0.3, -0.25) is 0 Å². The summed E-state index contributed by atoms with van der Waals surface area (Å²) in [4.78, 5) is 9.94. The van der Waals surface area contributed by atoms with Gasteiger partial charge in [0.15, 0.2) is 5.16 Å². The highest BCUT2D eigenvalue weighted by Crippen LogP contribution is 2.39. The van der Waals surface area contributed by atoms with Crippen molar-refractivity contribution in [3.63, 3.8) is 0 Å². The average molecular weight is 344 g/mol. The van der Waals surface area contributed by atoms with E-state index in [4.69, 9.17) is 5.73 Å². The Morgan fingerprint density at radius 1 is 1.50 bits per heavy atom. The first kappa shape index (κ1) is 14.0. The Morgan fingerprint density at radius 3 is 2.83 bits per heavy atom. The molecule has 0 saturated carbocycles. The van der Waals surface area contributed by atoms with Gasteiger partial charge in [-0.25, -0.2) is 9.97 Å². The number of aromatic nitrogens is 2. The molecule has 0 aliphatic heterocycles. The van der Waals surface area contributed by atoms with E-state index in [0.717, 1.165) is 15.3 Å². The van der Waals surface area contributed by atoms with Gasteiger partial charge in [0.05, 0.1) is 5.25 Å². The summed E-state index contributed by atoms with van der Waals surface area (Å²) in [5.41, 5.74) is 7.05. The molecule has 2 unspecified atom stereocenters. The molecule has 0 bridgehead atoms. The lowest BCUT2D eigenvalue weighted by atomic mass is 10.2. The third-order valence-electron chi connectivity index (χ3n) is 2.35. The topological polar surface area (TPSA) is 51.8 Å². The van der Waals surface area contributed by atoms with E-state index in [2.05, 4.69) is 37.3 Å². The minimum Gasteiger partial charge on any atom is -0.327 e. The Labute approximate surface area is 123 Å². The first-order valence-corrected chi connectivity index (χ1v) is 8.07. The summed E-state index contributed by atoms with van der Waals surface area (Å²) < 4.78 is 1.10. The van der Waals surface area contributed by atoms with E-state index in [9.17, 15) is 0 Å². The summed E-state index contributed by atoms with van der Waals surface area (Å²) in [6.45, 7) is 3.98. The predicted octanol–water partition coefficient (Wildman–Crippen LogP) is 3.79. The maximum atomic E-state index is 6.08. The molecule has 0 amide bonds. The Kier molecular flexibility index (Phi) is 4.77. The fraction of sp³-hybridized carbons (Fsp3) is 0.333. The molecular formula is C12H14BrN3S2. The Hall–Kier alpha value is -0.430. The summed E-state index contributed by atoms with van der Waals surface area (Å²) in [7, 11) is 0. The molecule has 2 heterocycles. The smallest absolute Gasteiger partial charge is 0.188 e. The van der Waals surface area contributed by atoms with E-state index in [1.165, 1.54) is 4.88 Å². The van der Waals surface area contributed by atoms with E-state index < -0.39 is 0 Å². The number of thioether (sulfide) groups is 1. The van der Waals surface area contributed by atoms with Gasteiger partial charge in [-0.1, -0.05) is 11.8 Å². The van der Waals surface area contributed by atoms with E-state index in [1.807, 2.05) is 19.9 Å².